The van der Waals surface area contributed by atoms with Gasteiger partial charge in [-0.15, -0.1) is 16.4 Å². The smallest absolute Gasteiger partial charge is 0.315 e. The zero-order chi connectivity index (χ0) is 18.1. The Hall–Kier alpha value is -2.99. The molecule has 1 N–H and O–H groups in total. The lowest BCUT2D eigenvalue weighted by Gasteiger charge is -2.03. The molecule has 26 heavy (non-hydrogen) atoms. The maximum absolute atomic E-state index is 12.4. The highest BCUT2D eigenvalue weighted by atomic mass is 32.1. The van der Waals surface area contributed by atoms with Crippen molar-refractivity contribution in [1.82, 2.24) is 19.2 Å². The molecule has 132 valence electrons. The van der Waals surface area contributed by atoms with Crippen LogP contribution >= 0.6 is 11.3 Å². The van der Waals surface area contributed by atoms with Crippen molar-refractivity contribution in [3.8, 4) is 6.07 Å². The number of amides is 1. The Labute approximate surface area is 152 Å². The van der Waals surface area contributed by atoms with E-state index in [-0.39, 0.29) is 12.5 Å². The number of carbonyl (C=O) groups excluding carboxylic acids is 1. The number of nitriles is 1. The molecule has 0 saturated heterocycles. The fraction of sp³-hybridized carbons (Fsp3) is 0.353. The van der Waals surface area contributed by atoms with Gasteiger partial charge in [0.2, 0.25) is 5.91 Å². The van der Waals surface area contributed by atoms with Crippen LogP contribution in [0, 0.1) is 11.3 Å². The topological polar surface area (TPSA) is 105 Å². The van der Waals surface area contributed by atoms with Crippen LogP contribution in [0.5, 0.6) is 0 Å². The lowest BCUT2D eigenvalue weighted by Crippen LogP contribution is -2.28. The molecule has 0 radical (unpaired) electrons. The number of thiophene rings is 1. The van der Waals surface area contributed by atoms with Gasteiger partial charge in [0.15, 0.2) is 5.65 Å². The molecule has 1 aliphatic carbocycles. The van der Waals surface area contributed by atoms with Gasteiger partial charge in [0.25, 0.3) is 0 Å². The number of hydrogen-bond acceptors (Lipinski definition) is 6. The van der Waals surface area contributed by atoms with Gasteiger partial charge in [-0.1, -0.05) is 6.42 Å². The van der Waals surface area contributed by atoms with Crippen LogP contribution in [0.15, 0.2) is 23.4 Å². The summed E-state index contributed by atoms with van der Waals surface area (Å²) in [5, 5.41) is 17.0. The average Bonchev–Trinajstić information content (AvgIpc) is 3.01. The van der Waals surface area contributed by atoms with E-state index in [0.717, 1.165) is 35.9 Å². The number of nitrogens with zero attached hydrogens (tertiary/aromatic N) is 5. The molecular formula is C17H16N6O2S. The van der Waals surface area contributed by atoms with Crippen molar-refractivity contribution in [3.05, 3.63) is 45.1 Å². The zero-order valence-corrected chi connectivity index (χ0v) is 14.8. The van der Waals surface area contributed by atoms with E-state index >= 15 is 0 Å². The van der Waals surface area contributed by atoms with E-state index in [9.17, 15) is 14.9 Å². The largest absolute Gasteiger partial charge is 0.350 e. The minimum atomic E-state index is -0.403. The van der Waals surface area contributed by atoms with Crippen molar-refractivity contribution >= 4 is 27.9 Å². The molecule has 1 aliphatic rings. The molecule has 0 unspecified atom stereocenters. The minimum absolute atomic E-state index is 0.214. The Morgan fingerprint density at radius 2 is 2.19 bits per heavy atom. The van der Waals surface area contributed by atoms with Crippen LogP contribution in [0.1, 0.15) is 35.3 Å². The number of hydrogen-bond donors (Lipinski definition) is 1. The highest BCUT2D eigenvalue weighted by Gasteiger charge is 2.21. The molecule has 0 atom stereocenters. The second-order valence-corrected chi connectivity index (χ2v) is 7.28. The van der Waals surface area contributed by atoms with E-state index in [2.05, 4.69) is 21.5 Å². The van der Waals surface area contributed by atoms with Crippen LogP contribution in [0.2, 0.25) is 0 Å². The lowest BCUT2D eigenvalue weighted by molar-refractivity contribution is -0.116. The maximum Gasteiger partial charge on any atom is 0.350 e. The monoisotopic (exact) mass is 368 g/mol. The first-order valence-electron chi connectivity index (χ1n) is 8.41. The van der Waals surface area contributed by atoms with E-state index in [1.165, 1.54) is 45.6 Å². The maximum atomic E-state index is 12.4. The second kappa shape index (κ2) is 6.72. The van der Waals surface area contributed by atoms with Crippen LogP contribution in [0.3, 0.4) is 0 Å². The molecule has 9 heteroatoms. The van der Waals surface area contributed by atoms with Gasteiger partial charge in [-0.25, -0.2) is 13.9 Å². The molecule has 0 aliphatic heterocycles. The Balaban J connectivity index is 1.58. The van der Waals surface area contributed by atoms with E-state index < -0.39 is 5.69 Å². The highest BCUT2D eigenvalue weighted by Crippen LogP contribution is 2.36. The second-order valence-electron chi connectivity index (χ2n) is 6.17. The summed E-state index contributed by atoms with van der Waals surface area (Å²) in [6.45, 7) is -0.214. The summed E-state index contributed by atoms with van der Waals surface area (Å²) in [7, 11) is 0. The van der Waals surface area contributed by atoms with Gasteiger partial charge < -0.3 is 5.32 Å². The molecule has 3 aromatic rings. The molecule has 0 aromatic carbocycles. The summed E-state index contributed by atoms with van der Waals surface area (Å²) in [6.07, 6.45) is 9.61. The standard InChI is InChI=1S/C17H16N6O2S/c18-8-12-11-4-2-1-3-5-13(11)26-16(12)20-15(24)10-23-17(25)22-7-6-19-9-14(22)21-23/h6-7,9H,1-5,10H2,(H,20,24). The van der Waals surface area contributed by atoms with Crippen molar-refractivity contribution in [2.45, 2.75) is 38.6 Å². The predicted molar refractivity (Wildman–Crippen MR) is 96.2 cm³/mol. The van der Waals surface area contributed by atoms with Gasteiger partial charge in [0.05, 0.1) is 11.8 Å². The average molecular weight is 368 g/mol. The third-order valence-electron chi connectivity index (χ3n) is 4.47. The molecule has 0 bridgehead atoms. The van der Waals surface area contributed by atoms with Crippen LogP contribution in [0.25, 0.3) is 5.65 Å². The molecule has 0 spiro atoms. The van der Waals surface area contributed by atoms with Crippen LogP contribution in [0.4, 0.5) is 5.00 Å². The first-order valence-corrected chi connectivity index (χ1v) is 9.22. The molecule has 1 amide bonds. The normalized spacial score (nSPS) is 13.8. The van der Waals surface area contributed by atoms with E-state index in [4.69, 9.17) is 0 Å². The number of carbonyl (C=O) groups is 1. The van der Waals surface area contributed by atoms with Crippen molar-refractivity contribution in [3.63, 3.8) is 0 Å². The van der Waals surface area contributed by atoms with Gasteiger partial charge in [0.1, 0.15) is 17.6 Å². The third kappa shape index (κ3) is 2.88. The van der Waals surface area contributed by atoms with Gasteiger partial charge in [-0.2, -0.15) is 5.26 Å². The predicted octanol–water partition coefficient (Wildman–Crippen LogP) is 1.73. The summed E-state index contributed by atoms with van der Waals surface area (Å²) >= 11 is 1.47. The summed E-state index contributed by atoms with van der Waals surface area (Å²) in [6, 6.07) is 2.23. The van der Waals surface area contributed by atoms with Crippen LogP contribution in [-0.2, 0) is 24.2 Å². The molecule has 3 aromatic heterocycles. The van der Waals surface area contributed by atoms with Crippen molar-refractivity contribution in [2.75, 3.05) is 5.32 Å². The summed E-state index contributed by atoms with van der Waals surface area (Å²) in [5.41, 5.74) is 1.61. The number of aromatic nitrogens is 4. The fourth-order valence-corrected chi connectivity index (χ4v) is 4.49. The van der Waals surface area contributed by atoms with Gasteiger partial charge in [-0.05, 0) is 31.2 Å². The zero-order valence-electron chi connectivity index (χ0n) is 13.9. The first-order chi connectivity index (χ1) is 12.7. The molecule has 0 saturated carbocycles. The summed E-state index contributed by atoms with van der Waals surface area (Å²) in [4.78, 5) is 29.8. The first kappa shape index (κ1) is 16.5. The molecule has 8 nitrogen and oxygen atoms in total. The number of aryl methyl sites for hydroxylation is 1. The Morgan fingerprint density at radius 1 is 1.35 bits per heavy atom. The minimum Gasteiger partial charge on any atom is -0.315 e. The molecule has 3 heterocycles. The Bertz CT molecular complexity index is 1090. The molecule has 0 fully saturated rings. The lowest BCUT2D eigenvalue weighted by atomic mass is 10.1. The summed E-state index contributed by atoms with van der Waals surface area (Å²) in [5.74, 6) is -0.378. The van der Waals surface area contributed by atoms with E-state index in [1.54, 1.807) is 0 Å². The SMILES string of the molecule is N#Cc1c(NC(=O)Cn2nc3cnccn3c2=O)sc2c1CCCCC2. The third-order valence-corrected chi connectivity index (χ3v) is 5.68. The molecular weight excluding hydrogens is 352 g/mol. The fourth-order valence-electron chi connectivity index (χ4n) is 3.23. The van der Waals surface area contributed by atoms with Crippen LogP contribution in [-0.4, -0.2) is 25.1 Å². The van der Waals surface area contributed by atoms with Crippen molar-refractivity contribution in [1.29, 1.82) is 5.26 Å². The Kier molecular flexibility index (Phi) is 4.26. The number of anilines is 1. The number of nitrogens with one attached hydrogen (secondary N) is 1. The Morgan fingerprint density at radius 3 is 3.00 bits per heavy atom. The van der Waals surface area contributed by atoms with Crippen molar-refractivity contribution in [2.24, 2.45) is 0 Å². The van der Waals surface area contributed by atoms with Crippen LogP contribution < -0.4 is 11.0 Å². The molecule has 4 rings (SSSR count). The van der Waals surface area contributed by atoms with E-state index in [0.29, 0.717) is 16.2 Å². The van der Waals surface area contributed by atoms with Gasteiger partial charge in [-0.3, -0.25) is 9.78 Å². The summed E-state index contributed by atoms with van der Waals surface area (Å²) < 4.78 is 2.42. The van der Waals surface area contributed by atoms with Gasteiger partial charge >= 0.3 is 5.69 Å². The van der Waals surface area contributed by atoms with E-state index in [1.807, 2.05) is 0 Å². The number of rotatable bonds is 3. The highest BCUT2D eigenvalue weighted by molar-refractivity contribution is 7.16. The van der Waals surface area contributed by atoms with Gasteiger partial charge in [0, 0.05) is 17.3 Å². The van der Waals surface area contributed by atoms with Crippen molar-refractivity contribution < 1.29 is 4.79 Å². The number of fused-ring (bicyclic) bond motifs is 2. The quantitative estimate of drug-likeness (QED) is 0.709.